The number of aromatic nitrogens is 1. The molecule has 0 spiro atoms. The highest BCUT2D eigenvalue weighted by Gasteiger charge is 2.30. The van der Waals surface area contributed by atoms with Gasteiger partial charge in [0.2, 0.25) is 0 Å². The lowest BCUT2D eigenvalue weighted by atomic mass is 9.73. The van der Waals surface area contributed by atoms with Gasteiger partial charge in [-0.05, 0) is 55.6 Å². The van der Waals surface area contributed by atoms with Gasteiger partial charge in [0.1, 0.15) is 0 Å². The fraction of sp³-hybridized carbons (Fsp3) is 0.526. The Morgan fingerprint density at radius 1 is 1.14 bits per heavy atom. The summed E-state index contributed by atoms with van der Waals surface area (Å²) in [4.78, 5) is 4.76. The maximum Gasteiger partial charge on any atom is 0.0705 e. The first-order valence-corrected chi connectivity index (χ1v) is 8.16. The molecule has 0 saturated heterocycles. The van der Waals surface area contributed by atoms with Gasteiger partial charge in [0, 0.05) is 11.1 Å². The summed E-state index contributed by atoms with van der Waals surface area (Å²) in [5.74, 6) is 1.82. The summed E-state index contributed by atoms with van der Waals surface area (Å²) in [6.07, 6.45) is 3.98. The Balaban J connectivity index is 1.76. The van der Waals surface area contributed by atoms with Gasteiger partial charge in [0.15, 0.2) is 0 Å². The molecular weight excluding hydrogens is 258 g/mol. The van der Waals surface area contributed by atoms with E-state index in [0.29, 0.717) is 11.8 Å². The van der Waals surface area contributed by atoms with E-state index in [-0.39, 0.29) is 6.10 Å². The summed E-state index contributed by atoms with van der Waals surface area (Å²) in [6, 6.07) is 12.5. The summed E-state index contributed by atoms with van der Waals surface area (Å²) in [5, 5.41) is 11.5. The van der Waals surface area contributed by atoms with Gasteiger partial charge in [-0.15, -0.1) is 0 Å². The monoisotopic (exact) mass is 283 g/mol. The van der Waals surface area contributed by atoms with Gasteiger partial charge in [-0.2, -0.15) is 0 Å². The van der Waals surface area contributed by atoms with Crippen molar-refractivity contribution in [2.45, 2.75) is 45.6 Å². The minimum atomic E-state index is -0.159. The van der Waals surface area contributed by atoms with Crippen molar-refractivity contribution in [2.24, 2.45) is 17.8 Å². The Bertz CT molecular complexity index is 607. The third-order valence-corrected chi connectivity index (χ3v) is 5.05. The van der Waals surface area contributed by atoms with E-state index >= 15 is 0 Å². The van der Waals surface area contributed by atoms with Crippen molar-refractivity contribution < 1.29 is 5.11 Å². The van der Waals surface area contributed by atoms with Gasteiger partial charge in [-0.1, -0.05) is 38.1 Å². The van der Waals surface area contributed by atoms with Crippen LogP contribution in [0.1, 0.15) is 38.8 Å². The highest BCUT2D eigenvalue weighted by molar-refractivity contribution is 5.78. The van der Waals surface area contributed by atoms with Gasteiger partial charge >= 0.3 is 0 Å². The predicted molar refractivity (Wildman–Crippen MR) is 87.1 cm³/mol. The van der Waals surface area contributed by atoms with Crippen LogP contribution in [0.3, 0.4) is 0 Å². The molecule has 1 saturated carbocycles. The van der Waals surface area contributed by atoms with Crippen LogP contribution < -0.4 is 0 Å². The highest BCUT2D eigenvalue weighted by atomic mass is 16.3. The van der Waals surface area contributed by atoms with Crippen LogP contribution >= 0.6 is 0 Å². The van der Waals surface area contributed by atoms with Crippen molar-refractivity contribution in [1.29, 1.82) is 0 Å². The fourth-order valence-electron chi connectivity index (χ4n) is 3.60. The van der Waals surface area contributed by atoms with Gasteiger partial charge in [0.05, 0.1) is 11.6 Å². The standard InChI is InChI=1S/C19H25NO/c1-13(2)15-8-10-19(21)16(11-15)12-17-9-7-14-5-3-4-6-18(14)20-17/h3-7,9,13,15-16,19,21H,8,10-12H2,1-2H3. The molecule has 3 atom stereocenters. The molecule has 1 heterocycles. The number of aliphatic hydroxyl groups excluding tert-OH is 1. The minimum Gasteiger partial charge on any atom is -0.393 e. The summed E-state index contributed by atoms with van der Waals surface area (Å²) >= 11 is 0. The maximum atomic E-state index is 10.3. The molecule has 0 radical (unpaired) electrons. The van der Waals surface area contributed by atoms with Crippen LogP contribution in [-0.4, -0.2) is 16.2 Å². The molecule has 21 heavy (non-hydrogen) atoms. The molecule has 2 nitrogen and oxygen atoms in total. The first-order chi connectivity index (χ1) is 10.1. The lowest BCUT2D eigenvalue weighted by molar-refractivity contribution is 0.0374. The molecule has 1 aliphatic rings. The number of aliphatic hydroxyl groups is 1. The zero-order valence-electron chi connectivity index (χ0n) is 13.0. The summed E-state index contributed by atoms with van der Waals surface area (Å²) in [6.45, 7) is 4.60. The number of nitrogens with zero attached hydrogens (tertiary/aromatic N) is 1. The normalized spacial score (nSPS) is 26.4. The third kappa shape index (κ3) is 3.26. The Hall–Kier alpha value is -1.41. The van der Waals surface area contributed by atoms with E-state index in [1.165, 1.54) is 11.8 Å². The zero-order chi connectivity index (χ0) is 14.8. The number of benzene rings is 1. The lowest BCUT2D eigenvalue weighted by Crippen LogP contribution is -2.32. The van der Waals surface area contributed by atoms with E-state index in [9.17, 15) is 5.11 Å². The Kier molecular flexibility index (Phi) is 4.25. The Morgan fingerprint density at radius 3 is 2.76 bits per heavy atom. The second-order valence-electron chi connectivity index (χ2n) is 6.84. The highest BCUT2D eigenvalue weighted by Crippen LogP contribution is 2.35. The molecule has 1 N–H and O–H groups in total. The average molecular weight is 283 g/mol. The van der Waals surface area contributed by atoms with E-state index in [1.54, 1.807) is 0 Å². The van der Waals surface area contributed by atoms with Crippen LogP contribution in [0.2, 0.25) is 0 Å². The van der Waals surface area contributed by atoms with E-state index in [4.69, 9.17) is 4.98 Å². The lowest BCUT2D eigenvalue weighted by Gasteiger charge is -2.35. The van der Waals surface area contributed by atoms with Gasteiger partial charge in [-0.3, -0.25) is 4.98 Å². The van der Waals surface area contributed by atoms with Crippen LogP contribution in [0.4, 0.5) is 0 Å². The van der Waals surface area contributed by atoms with Crippen LogP contribution in [0.25, 0.3) is 10.9 Å². The molecule has 0 amide bonds. The third-order valence-electron chi connectivity index (χ3n) is 5.05. The van der Waals surface area contributed by atoms with E-state index < -0.39 is 0 Å². The molecule has 2 aromatic rings. The van der Waals surface area contributed by atoms with Crippen LogP contribution in [0.5, 0.6) is 0 Å². The molecule has 0 bridgehead atoms. The van der Waals surface area contributed by atoms with E-state index in [2.05, 4.69) is 38.1 Å². The fourth-order valence-corrected chi connectivity index (χ4v) is 3.60. The second-order valence-corrected chi connectivity index (χ2v) is 6.84. The van der Waals surface area contributed by atoms with Crippen LogP contribution in [0.15, 0.2) is 36.4 Å². The SMILES string of the molecule is CC(C)C1CCC(O)C(Cc2ccc3ccccc3n2)C1. The van der Waals surface area contributed by atoms with Gasteiger partial charge in [-0.25, -0.2) is 0 Å². The first kappa shape index (κ1) is 14.5. The van der Waals surface area contributed by atoms with Gasteiger partial charge in [0.25, 0.3) is 0 Å². The van der Waals surface area contributed by atoms with E-state index in [0.717, 1.165) is 36.4 Å². The van der Waals surface area contributed by atoms with Crippen molar-refractivity contribution in [2.75, 3.05) is 0 Å². The molecular formula is C19H25NO. The molecule has 0 aliphatic heterocycles. The Labute approximate surface area is 127 Å². The predicted octanol–water partition coefficient (Wildman–Crippen LogP) is 4.21. The molecule has 1 aromatic carbocycles. The summed E-state index contributed by atoms with van der Waals surface area (Å²) in [7, 11) is 0. The molecule has 1 fully saturated rings. The molecule has 1 aliphatic carbocycles. The largest absolute Gasteiger partial charge is 0.393 e. The molecule has 2 heteroatoms. The smallest absolute Gasteiger partial charge is 0.0705 e. The number of fused-ring (bicyclic) bond motifs is 1. The average Bonchev–Trinajstić information content (AvgIpc) is 2.49. The number of para-hydroxylation sites is 1. The van der Waals surface area contributed by atoms with Crippen LogP contribution in [0, 0.1) is 17.8 Å². The molecule has 1 aromatic heterocycles. The zero-order valence-corrected chi connectivity index (χ0v) is 13.0. The number of rotatable bonds is 3. The number of pyridine rings is 1. The topological polar surface area (TPSA) is 33.1 Å². The quantitative estimate of drug-likeness (QED) is 0.915. The summed E-state index contributed by atoms with van der Waals surface area (Å²) < 4.78 is 0. The van der Waals surface area contributed by atoms with Crippen molar-refractivity contribution in [3.8, 4) is 0 Å². The van der Waals surface area contributed by atoms with E-state index in [1.807, 2.05) is 12.1 Å². The molecule has 112 valence electrons. The summed E-state index contributed by atoms with van der Waals surface area (Å²) in [5.41, 5.74) is 2.17. The van der Waals surface area contributed by atoms with Crippen molar-refractivity contribution in [3.63, 3.8) is 0 Å². The van der Waals surface area contributed by atoms with Crippen molar-refractivity contribution in [3.05, 3.63) is 42.1 Å². The Morgan fingerprint density at radius 2 is 1.95 bits per heavy atom. The molecule has 3 unspecified atom stereocenters. The van der Waals surface area contributed by atoms with Gasteiger partial charge < -0.3 is 5.11 Å². The second kappa shape index (κ2) is 6.15. The maximum absolute atomic E-state index is 10.3. The van der Waals surface area contributed by atoms with Crippen LogP contribution in [-0.2, 0) is 6.42 Å². The minimum absolute atomic E-state index is 0.159. The molecule has 3 rings (SSSR count). The first-order valence-electron chi connectivity index (χ1n) is 8.16. The number of hydrogen-bond acceptors (Lipinski definition) is 2. The van der Waals surface area contributed by atoms with Crippen molar-refractivity contribution in [1.82, 2.24) is 4.98 Å². The van der Waals surface area contributed by atoms with Crippen molar-refractivity contribution >= 4 is 10.9 Å². The number of hydrogen-bond donors (Lipinski definition) is 1.